The van der Waals surface area contributed by atoms with Crippen molar-refractivity contribution < 1.29 is 14.6 Å². The van der Waals surface area contributed by atoms with Crippen molar-refractivity contribution in [2.45, 2.75) is 6.92 Å². The van der Waals surface area contributed by atoms with Crippen LogP contribution in [0.4, 0.5) is 11.4 Å². The molecule has 0 atom stereocenters. The molecule has 0 spiro atoms. The molecular formula is C13H9ClN2O5. The van der Waals surface area contributed by atoms with E-state index in [1.807, 2.05) is 0 Å². The third kappa shape index (κ3) is 3.09. The first-order chi connectivity index (χ1) is 9.90. The maximum atomic E-state index is 11.0. The predicted octanol–water partition coefficient (Wildman–Crippen LogP) is 4.26. The van der Waals surface area contributed by atoms with Crippen molar-refractivity contribution in [1.29, 1.82) is 0 Å². The molecular weight excluding hydrogens is 300 g/mol. The molecule has 2 aromatic carbocycles. The Morgan fingerprint density at radius 2 is 1.76 bits per heavy atom. The van der Waals surface area contributed by atoms with Gasteiger partial charge in [0.05, 0.1) is 9.85 Å². The van der Waals surface area contributed by atoms with E-state index in [0.717, 1.165) is 0 Å². The van der Waals surface area contributed by atoms with Crippen LogP contribution >= 0.6 is 11.6 Å². The number of hydrogen-bond acceptors (Lipinski definition) is 5. The van der Waals surface area contributed by atoms with Crippen LogP contribution in [0.15, 0.2) is 36.4 Å². The highest BCUT2D eigenvalue weighted by Crippen LogP contribution is 2.38. The van der Waals surface area contributed by atoms with Gasteiger partial charge in [0.25, 0.3) is 5.69 Å². The largest absolute Gasteiger partial charge is 0.450 e. The molecule has 0 aliphatic carbocycles. The lowest BCUT2D eigenvalue weighted by molar-refractivity contribution is -0.385. The summed E-state index contributed by atoms with van der Waals surface area (Å²) >= 11 is 5.79. The minimum Gasteiger partial charge on any atom is -0.450 e. The highest BCUT2D eigenvalue weighted by molar-refractivity contribution is 6.32. The van der Waals surface area contributed by atoms with Crippen LogP contribution in [0.2, 0.25) is 5.02 Å². The summed E-state index contributed by atoms with van der Waals surface area (Å²) in [4.78, 5) is 20.5. The van der Waals surface area contributed by atoms with Crippen LogP contribution in [0.5, 0.6) is 11.5 Å². The van der Waals surface area contributed by atoms with E-state index in [2.05, 4.69) is 0 Å². The number of benzene rings is 2. The molecule has 0 aromatic heterocycles. The van der Waals surface area contributed by atoms with Gasteiger partial charge in [0.2, 0.25) is 5.75 Å². The molecule has 7 nitrogen and oxygen atoms in total. The third-order valence-electron chi connectivity index (χ3n) is 2.72. The Bertz CT molecular complexity index is 732. The number of para-hydroxylation sites is 1. The van der Waals surface area contributed by atoms with Crippen molar-refractivity contribution in [3.05, 3.63) is 67.2 Å². The summed E-state index contributed by atoms with van der Waals surface area (Å²) in [5, 5.41) is 21.6. The van der Waals surface area contributed by atoms with Crippen LogP contribution in [0.3, 0.4) is 0 Å². The van der Waals surface area contributed by atoms with Crippen LogP contribution in [0, 0.1) is 27.2 Å². The SMILES string of the molecule is Cc1cc([N+](=O)[O-])ccc1Oc1cccc(Cl)c1[N+](=O)[O-]. The Morgan fingerprint density at radius 1 is 1.05 bits per heavy atom. The number of halogens is 1. The van der Waals surface area contributed by atoms with Gasteiger partial charge < -0.3 is 4.74 Å². The molecule has 0 aliphatic heterocycles. The quantitative estimate of drug-likeness (QED) is 0.621. The van der Waals surface area contributed by atoms with Crippen molar-refractivity contribution >= 4 is 23.0 Å². The highest BCUT2D eigenvalue weighted by atomic mass is 35.5. The molecule has 2 rings (SSSR count). The second kappa shape index (κ2) is 5.76. The molecule has 0 amide bonds. The topological polar surface area (TPSA) is 95.5 Å². The first-order valence-electron chi connectivity index (χ1n) is 5.76. The Labute approximate surface area is 124 Å². The second-order valence-electron chi connectivity index (χ2n) is 4.15. The molecule has 0 aliphatic rings. The average molecular weight is 309 g/mol. The van der Waals surface area contributed by atoms with E-state index in [4.69, 9.17) is 16.3 Å². The maximum Gasteiger partial charge on any atom is 0.329 e. The molecule has 0 bridgehead atoms. The van der Waals surface area contributed by atoms with Crippen molar-refractivity contribution in [2.75, 3.05) is 0 Å². The van der Waals surface area contributed by atoms with Crippen molar-refractivity contribution in [2.24, 2.45) is 0 Å². The molecule has 0 saturated carbocycles. The van der Waals surface area contributed by atoms with Crippen molar-refractivity contribution in [1.82, 2.24) is 0 Å². The van der Waals surface area contributed by atoms with E-state index in [1.165, 1.54) is 36.4 Å². The van der Waals surface area contributed by atoms with Crippen LogP contribution in [-0.4, -0.2) is 9.85 Å². The fourth-order valence-electron chi connectivity index (χ4n) is 1.74. The van der Waals surface area contributed by atoms with E-state index < -0.39 is 9.85 Å². The van der Waals surface area contributed by atoms with Gasteiger partial charge in [-0.25, -0.2) is 0 Å². The summed E-state index contributed by atoms with van der Waals surface area (Å²) in [6, 6.07) is 8.29. The van der Waals surface area contributed by atoms with Crippen molar-refractivity contribution in [3.63, 3.8) is 0 Å². The van der Waals surface area contributed by atoms with Gasteiger partial charge in [-0.15, -0.1) is 0 Å². The molecule has 0 fully saturated rings. The normalized spacial score (nSPS) is 10.2. The van der Waals surface area contributed by atoms with Gasteiger partial charge in [0.15, 0.2) is 0 Å². The Kier molecular flexibility index (Phi) is 4.04. The Morgan fingerprint density at radius 3 is 2.33 bits per heavy atom. The number of aryl methyl sites for hydroxylation is 1. The van der Waals surface area contributed by atoms with E-state index in [0.29, 0.717) is 5.56 Å². The number of rotatable bonds is 4. The number of non-ortho nitro benzene ring substituents is 1. The van der Waals surface area contributed by atoms with E-state index in [-0.39, 0.29) is 27.9 Å². The minimum atomic E-state index is -0.640. The first kappa shape index (κ1) is 14.7. The Hall–Kier alpha value is -2.67. The number of nitrogens with zero attached hydrogens (tertiary/aromatic N) is 2. The van der Waals surface area contributed by atoms with Crippen LogP contribution < -0.4 is 4.74 Å². The fourth-order valence-corrected chi connectivity index (χ4v) is 1.97. The molecule has 21 heavy (non-hydrogen) atoms. The molecule has 2 aromatic rings. The zero-order valence-corrected chi connectivity index (χ0v) is 11.5. The maximum absolute atomic E-state index is 11.0. The van der Waals surface area contributed by atoms with Gasteiger partial charge in [-0.1, -0.05) is 17.7 Å². The van der Waals surface area contributed by atoms with E-state index in [9.17, 15) is 20.2 Å². The lowest BCUT2D eigenvalue weighted by Gasteiger charge is -2.09. The first-order valence-corrected chi connectivity index (χ1v) is 6.13. The lowest BCUT2D eigenvalue weighted by atomic mass is 10.2. The zero-order chi connectivity index (χ0) is 15.6. The number of hydrogen-bond donors (Lipinski definition) is 0. The van der Waals surface area contributed by atoms with Gasteiger partial charge in [-0.05, 0) is 30.7 Å². The molecule has 108 valence electrons. The monoisotopic (exact) mass is 308 g/mol. The van der Waals surface area contributed by atoms with Gasteiger partial charge in [0.1, 0.15) is 10.8 Å². The zero-order valence-electron chi connectivity index (χ0n) is 10.8. The van der Waals surface area contributed by atoms with Crippen LogP contribution in [0.25, 0.3) is 0 Å². The van der Waals surface area contributed by atoms with Gasteiger partial charge >= 0.3 is 5.69 Å². The van der Waals surface area contributed by atoms with Crippen molar-refractivity contribution in [3.8, 4) is 11.5 Å². The van der Waals surface area contributed by atoms with Gasteiger partial charge in [-0.2, -0.15) is 0 Å². The molecule has 0 radical (unpaired) electrons. The van der Waals surface area contributed by atoms with E-state index >= 15 is 0 Å². The molecule has 0 N–H and O–H groups in total. The molecule has 0 saturated heterocycles. The summed E-state index contributed by atoms with van der Waals surface area (Å²) < 4.78 is 5.47. The number of nitro groups is 2. The van der Waals surface area contributed by atoms with Crippen LogP contribution in [0.1, 0.15) is 5.56 Å². The Balaban J connectivity index is 2.42. The van der Waals surface area contributed by atoms with Gasteiger partial charge in [-0.3, -0.25) is 20.2 Å². The standard InChI is InChI=1S/C13H9ClN2O5/c1-8-7-9(15(17)18)5-6-11(8)21-12-4-2-3-10(14)13(12)16(19)20/h2-7H,1H3. The molecule has 0 unspecified atom stereocenters. The summed E-state index contributed by atoms with van der Waals surface area (Å²) in [6.45, 7) is 1.61. The lowest BCUT2D eigenvalue weighted by Crippen LogP contribution is -1.96. The average Bonchev–Trinajstić information content (AvgIpc) is 2.40. The molecule has 8 heteroatoms. The second-order valence-corrected chi connectivity index (χ2v) is 4.56. The molecule has 0 heterocycles. The van der Waals surface area contributed by atoms with Crippen LogP contribution in [-0.2, 0) is 0 Å². The summed E-state index contributed by atoms with van der Waals surface area (Å²) in [6.07, 6.45) is 0. The number of nitro benzene ring substituents is 2. The van der Waals surface area contributed by atoms with E-state index in [1.54, 1.807) is 6.92 Å². The summed E-state index contributed by atoms with van der Waals surface area (Å²) in [5.74, 6) is 0.260. The number of ether oxygens (including phenoxy) is 1. The minimum absolute atomic E-state index is 0.0237. The smallest absolute Gasteiger partial charge is 0.329 e. The third-order valence-corrected chi connectivity index (χ3v) is 3.03. The highest BCUT2D eigenvalue weighted by Gasteiger charge is 2.21. The predicted molar refractivity (Wildman–Crippen MR) is 76.0 cm³/mol. The summed E-state index contributed by atoms with van der Waals surface area (Å²) in [7, 11) is 0. The summed E-state index contributed by atoms with van der Waals surface area (Å²) in [5.41, 5.74) is 0.0517. The fraction of sp³-hybridized carbons (Fsp3) is 0.0769. The van der Waals surface area contributed by atoms with Gasteiger partial charge in [0, 0.05) is 12.1 Å².